The van der Waals surface area contributed by atoms with Gasteiger partial charge in [0.15, 0.2) is 5.60 Å². The van der Waals surface area contributed by atoms with Gasteiger partial charge in [0.1, 0.15) is 0 Å². The fraction of sp³-hybridized carbons (Fsp3) is 0.786. The highest BCUT2D eigenvalue weighted by molar-refractivity contribution is 6.84. The van der Waals surface area contributed by atoms with E-state index >= 15 is 0 Å². The van der Waals surface area contributed by atoms with Crippen molar-refractivity contribution >= 4 is 14.0 Å². The summed E-state index contributed by atoms with van der Waals surface area (Å²) in [4.78, 5) is 14.7. The minimum atomic E-state index is -1.58. The summed E-state index contributed by atoms with van der Waals surface area (Å²) in [6.07, 6.45) is 3.96. The minimum Gasteiger partial charge on any atom is -0.394 e. The van der Waals surface area contributed by atoms with Gasteiger partial charge in [-0.1, -0.05) is 25.7 Å². The molecule has 4 nitrogen and oxygen atoms in total. The van der Waals surface area contributed by atoms with Crippen molar-refractivity contribution in [3.05, 3.63) is 11.3 Å². The van der Waals surface area contributed by atoms with Crippen molar-refractivity contribution in [2.75, 3.05) is 19.8 Å². The number of nitrogens with zero attached hydrogens (tertiary/aromatic N) is 1. The molecule has 0 saturated carbocycles. The summed E-state index contributed by atoms with van der Waals surface area (Å²) in [7, 11) is -1.58. The van der Waals surface area contributed by atoms with Gasteiger partial charge >= 0.3 is 0 Å². The Balaban J connectivity index is 2.25. The maximum atomic E-state index is 12.9. The fourth-order valence-corrected chi connectivity index (χ4v) is 5.64. The van der Waals surface area contributed by atoms with Crippen LogP contribution in [0.2, 0.25) is 19.6 Å². The van der Waals surface area contributed by atoms with Crippen LogP contribution in [0.15, 0.2) is 11.3 Å². The van der Waals surface area contributed by atoms with E-state index in [1.807, 2.05) is 11.8 Å². The third kappa shape index (κ3) is 2.51. The van der Waals surface area contributed by atoms with Crippen molar-refractivity contribution in [1.29, 1.82) is 0 Å². The van der Waals surface area contributed by atoms with Gasteiger partial charge in [-0.2, -0.15) is 0 Å². The summed E-state index contributed by atoms with van der Waals surface area (Å²) in [5, 5.41) is 10.6. The molecule has 0 aromatic rings. The highest BCUT2D eigenvalue weighted by atomic mass is 28.3. The normalized spacial score (nSPS) is 31.7. The zero-order valence-corrected chi connectivity index (χ0v) is 13.4. The number of hydrogen-bond donors (Lipinski definition) is 1. The minimum absolute atomic E-state index is 0.0311. The number of hydrogen-bond acceptors (Lipinski definition) is 3. The molecule has 0 aliphatic carbocycles. The molecular weight excluding hydrogens is 258 g/mol. The van der Waals surface area contributed by atoms with Crippen molar-refractivity contribution in [3.8, 4) is 0 Å². The summed E-state index contributed by atoms with van der Waals surface area (Å²) in [6, 6.07) is -0.0311. The smallest absolute Gasteiger partial charge is 0.258 e. The predicted molar refractivity (Wildman–Crippen MR) is 77.6 cm³/mol. The van der Waals surface area contributed by atoms with Crippen LogP contribution < -0.4 is 0 Å². The van der Waals surface area contributed by atoms with E-state index in [1.54, 1.807) is 0 Å². The number of aliphatic hydroxyl groups is 1. The van der Waals surface area contributed by atoms with Gasteiger partial charge in [0.25, 0.3) is 5.91 Å². The molecule has 1 amide bonds. The zero-order valence-electron chi connectivity index (χ0n) is 12.4. The molecule has 0 bridgehead atoms. The molecule has 2 heterocycles. The number of amides is 1. The molecule has 0 aromatic heterocycles. The molecule has 19 heavy (non-hydrogen) atoms. The first-order valence-electron chi connectivity index (χ1n) is 7.07. The second kappa shape index (κ2) is 5.03. The lowest BCUT2D eigenvalue weighted by molar-refractivity contribution is -0.149. The van der Waals surface area contributed by atoms with Crippen molar-refractivity contribution in [2.45, 2.75) is 51.0 Å². The molecule has 2 rings (SSSR count). The maximum Gasteiger partial charge on any atom is 0.258 e. The third-order valence-corrected chi connectivity index (χ3v) is 6.54. The topological polar surface area (TPSA) is 49.8 Å². The van der Waals surface area contributed by atoms with Crippen LogP contribution in [0.25, 0.3) is 0 Å². The number of carbonyl (C=O) groups is 1. The van der Waals surface area contributed by atoms with Crippen LogP contribution in [0.3, 0.4) is 0 Å². The summed E-state index contributed by atoms with van der Waals surface area (Å²) >= 11 is 0. The fourth-order valence-electron chi connectivity index (χ4n) is 3.33. The Kier molecular flexibility index (Phi) is 3.91. The molecule has 0 radical (unpaired) electrons. The average Bonchev–Trinajstić information content (AvgIpc) is 2.93. The SMILES string of the molecule is C[C@]1(C(=O)N2CCC[C@H]2CO)OCC=C1[Si](C)(C)C. The van der Waals surface area contributed by atoms with Crippen molar-refractivity contribution in [3.63, 3.8) is 0 Å². The summed E-state index contributed by atoms with van der Waals surface area (Å²) in [5.41, 5.74) is -0.803. The second-order valence-corrected chi connectivity index (χ2v) is 11.7. The molecule has 0 aromatic carbocycles. The zero-order chi connectivity index (χ0) is 14.3. The van der Waals surface area contributed by atoms with Gasteiger partial charge in [-0.15, -0.1) is 0 Å². The van der Waals surface area contributed by atoms with Gasteiger partial charge in [0.05, 0.1) is 27.3 Å². The van der Waals surface area contributed by atoms with Crippen LogP contribution in [0.4, 0.5) is 0 Å². The van der Waals surface area contributed by atoms with Gasteiger partial charge < -0.3 is 14.7 Å². The lowest BCUT2D eigenvalue weighted by Gasteiger charge is -2.37. The van der Waals surface area contributed by atoms with Gasteiger partial charge in [-0.05, 0) is 25.0 Å². The van der Waals surface area contributed by atoms with E-state index in [2.05, 4.69) is 25.7 Å². The first-order chi connectivity index (χ1) is 8.80. The average molecular weight is 283 g/mol. The van der Waals surface area contributed by atoms with Gasteiger partial charge in [0, 0.05) is 6.54 Å². The Labute approximate surface area is 116 Å². The van der Waals surface area contributed by atoms with E-state index in [1.165, 1.54) is 5.20 Å². The van der Waals surface area contributed by atoms with Crippen LogP contribution in [0.5, 0.6) is 0 Å². The van der Waals surface area contributed by atoms with E-state index in [4.69, 9.17) is 4.74 Å². The first-order valence-corrected chi connectivity index (χ1v) is 10.6. The monoisotopic (exact) mass is 283 g/mol. The molecule has 2 aliphatic rings. The Morgan fingerprint density at radius 1 is 1.58 bits per heavy atom. The molecule has 2 aliphatic heterocycles. The molecule has 2 atom stereocenters. The van der Waals surface area contributed by atoms with Crippen molar-refractivity contribution < 1.29 is 14.6 Å². The maximum absolute atomic E-state index is 12.9. The molecule has 1 N–H and O–H groups in total. The van der Waals surface area contributed by atoms with E-state index in [0.717, 1.165) is 19.4 Å². The molecule has 1 saturated heterocycles. The highest BCUT2D eigenvalue weighted by Crippen LogP contribution is 2.37. The van der Waals surface area contributed by atoms with Gasteiger partial charge in [0.2, 0.25) is 0 Å². The Bertz CT molecular complexity index is 402. The number of carbonyl (C=O) groups excluding carboxylic acids is 1. The third-order valence-electron chi connectivity index (χ3n) is 4.24. The Morgan fingerprint density at radius 2 is 2.26 bits per heavy atom. The quantitative estimate of drug-likeness (QED) is 0.800. The Morgan fingerprint density at radius 3 is 2.84 bits per heavy atom. The van der Waals surface area contributed by atoms with Crippen molar-refractivity contribution in [2.24, 2.45) is 0 Å². The van der Waals surface area contributed by atoms with Crippen LogP contribution in [-0.2, 0) is 9.53 Å². The molecule has 5 heteroatoms. The number of aliphatic hydroxyl groups excluding tert-OH is 1. The van der Waals surface area contributed by atoms with E-state index < -0.39 is 13.7 Å². The molecular formula is C14H25NO3Si. The largest absolute Gasteiger partial charge is 0.394 e. The molecule has 0 spiro atoms. The molecule has 0 unspecified atom stereocenters. The Hall–Kier alpha value is -0.653. The predicted octanol–water partition coefficient (Wildman–Crippen LogP) is 1.56. The van der Waals surface area contributed by atoms with E-state index in [-0.39, 0.29) is 18.6 Å². The second-order valence-electron chi connectivity index (χ2n) is 6.69. The standard InChI is InChI=1S/C14H25NO3Si/c1-14(12(7-9-18-14)19(2,3)4)13(17)15-8-5-6-11(15)10-16/h7,11,16H,5-6,8-10H2,1-4H3/t11-,14-/m0/s1. The lowest BCUT2D eigenvalue weighted by atomic mass is 10.0. The van der Waals surface area contributed by atoms with Crippen LogP contribution in [0.1, 0.15) is 19.8 Å². The van der Waals surface area contributed by atoms with Gasteiger partial charge in [-0.25, -0.2) is 0 Å². The van der Waals surface area contributed by atoms with E-state index in [9.17, 15) is 9.90 Å². The lowest BCUT2D eigenvalue weighted by Crippen LogP contribution is -2.54. The van der Waals surface area contributed by atoms with E-state index in [0.29, 0.717) is 6.61 Å². The highest BCUT2D eigenvalue weighted by Gasteiger charge is 2.49. The summed E-state index contributed by atoms with van der Waals surface area (Å²) in [6.45, 7) is 9.94. The summed E-state index contributed by atoms with van der Waals surface area (Å²) < 4.78 is 5.82. The summed E-state index contributed by atoms with van der Waals surface area (Å²) in [5.74, 6) is 0.0372. The number of ether oxygens (including phenoxy) is 1. The molecule has 1 fully saturated rings. The van der Waals surface area contributed by atoms with Crippen LogP contribution in [0, 0.1) is 0 Å². The van der Waals surface area contributed by atoms with Crippen LogP contribution >= 0.6 is 0 Å². The number of rotatable bonds is 3. The van der Waals surface area contributed by atoms with Crippen LogP contribution in [-0.4, -0.2) is 55.4 Å². The van der Waals surface area contributed by atoms with Gasteiger partial charge in [-0.3, -0.25) is 4.79 Å². The van der Waals surface area contributed by atoms with Crippen molar-refractivity contribution in [1.82, 2.24) is 4.90 Å². The number of likely N-dealkylation sites (tertiary alicyclic amines) is 1. The first kappa shape index (κ1) is 14.7. The molecule has 108 valence electrons.